The molecule has 1 aliphatic rings. The maximum atomic E-state index is 11.6. The molecule has 0 radical (unpaired) electrons. The number of rotatable bonds is 6. The minimum absolute atomic E-state index is 0.135. The summed E-state index contributed by atoms with van der Waals surface area (Å²) in [4.78, 5) is 16.2. The smallest absolute Gasteiger partial charge is 0.234 e. The number of hydrogen-bond acceptors (Lipinski definition) is 4. The Balaban J connectivity index is 2.16. The van der Waals surface area contributed by atoms with Gasteiger partial charge in [0.05, 0.1) is 6.54 Å². The molecule has 1 fully saturated rings. The number of nitrogens with one attached hydrogen (secondary N) is 1. The van der Waals surface area contributed by atoms with Gasteiger partial charge >= 0.3 is 0 Å². The van der Waals surface area contributed by atoms with Gasteiger partial charge in [0.1, 0.15) is 0 Å². The summed E-state index contributed by atoms with van der Waals surface area (Å²) >= 11 is 0. The van der Waals surface area contributed by atoms with Gasteiger partial charge in [-0.05, 0) is 33.4 Å². The van der Waals surface area contributed by atoms with E-state index in [1.807, 2.05) is 13.8 Å². The Bertz CT molecular complexity index is 225. The first kappa shape index (κ1) is 14.4. The molecule has 0 saturated carbocycles. The predicted octanol–water partition coefficient (Wildman–Crippen LogP) is -0.523. The largest absolute Gasteiger partial charge is 0.353 e. The van der Waals surface area contributed by atoms with Crippen LogP contribution in [0.25, 0.3) is 0 Å². The van der Waals surface area contributed by atoms with Gasteiger partial charge in [-0.15, -0.1) is 0 Å². The Morgan fingerprint density at radius 3 is 2.35 bits per heavy atom. The summed E-state index contributed by atoms with van der Waals surface area (Å²) in [5.74, 6) is 0.135. The number of piperazine rings is 1. The Hall–Kier alpha value is -0.650. The van der Waals surface area contributed by atoms with E-state index in [0.717, 1.165) is 45.7 Å². The lowest BCUT2D eigenvalue weighted by Crippen LogP contribution is -2.50. The molecule has 1 saturated heterocycles. The standard InChI is InChI=1S/C12H26N4O/c1-11(2)14-12(17)10-16-8-6-15(7-9-16)5-3-4-13/h11H,3-10,13H2,1-2H3,(H,14,17). The molecule has 0 unspecified atom stereocenters. The van der Waals surface area contributed by atoms with Crippen LogP contribution in [0.2, 0.25) is 0 Å². The van der Waals surface area contributed by atoms with Crippen molar-refractivity contribution in [3.63, 3.8) is 0 Å². The van der Waals surface area contributed by atoms with E-state index in [0.29, 0.717) is 6.54 Å². The molecule has 1 aliphatic heterocycles. The van der Waals surface area contributed by atoms with Crippen LogP contribution in [0.15, 0.2) is 0 Å². The molecule has 100 valence electrons. The zero-order valence-electron chi connectivity index (χ0n) is 11.1. The molecule has 0 aromatic carbocycles. The van der Waals surface area contributed by atoms with Crippen molar-refractivity contribution < 1.29 is 4.79 Å². The molecule has 0 aliphatic carbocycles. The highest BCUT2D eigenvalue weighted by Gasteiger charge is 2.18. The zero-order chi connectivity index (χ0) is 12.7. The third kappa shape index (κ3) is 6.00. The van der Waals surface area contributed by atoms with Gasteiger partial charge in [-0.3, -0.25) is 9.69 Å². The Morgan fingerprint density at radius 1 is 1.24 bits per heavy atom. The second kappa shape index (κ2) is 7.63. The van der Waals surface area contributed by atoms with Crippen LogP contribution in [0, 0.1) is 0 Å². The van der Waals surface area contributed by atoms with Crippen LogP contribution in [0.1, 0.15) is 20.3 Å². The van der Waals surface area contributed by atoms with Crippen molar-refractivity contribution in [2.75, 3.05) is 45.8 Å². The third-order valence-electron chi connectivity index (χ3n) is 2.96. The number of nitrogens with two attached hydrogens (primary N) is 1. The highest BCUT2D eigenvalue weighted by molar-refractivity contribution is 5.78. The average Bonchev–Trinajstić information content (AvgIpc) is 2.27. The van der Waals surface area contributed by atoms with Crippen LogP contribution in [-0.4, -0.2) is 67.6 Å². The second-order valence-electron chi connectivity index (χ2n) is 4.98. The molecular formula is C12H26N4O. The topological polar surface area (TPSA) is 61.6 Å². The number of amides is 1. The van der Waals surface area contributed by atoms with Gasteiger partial charge < -0.3 is 16.0 Å². The molecule has 3 N–H and O–H groups in total. The van der Waals surface area contributed by atoms with Crippen molar-refractivity contribution >= 4 is 5.91 Å². The fourth-order valence-electron chi connectivity index (χ4n) is 2.06. The Kier molecular flexibility index (Phi) is 6.47. The van der Waals surface area contributed by atoms with Crippen molar-refractivity contribution in [1.29, 1.82) is 0 Å². The number of carbonyl (C=O) groups excluding carboxylic acids is 1. The molecule has 1 amide bonds. The first-order valence-corrected chi connectivity index (χ1v) is 6.56. The van der Waals surface area contributed by atoms with Gasteiger partial charge in [0.15, 0.2) is 0 Å². The van der Waals surface area contributed by atoms with Crippen molar-refractivity contribution in [3.05, 3.63) is 0 Å². The summed E-state index contributed by atoms with van der Waals surface area (Å²) in [5, 5.41) is 2.92. The maximum Gasteiger partial charge on any atom is 0.234 e. The molecule has 1 rings (SSSR count). The van der Waals surface area contributed by atoms with Gasteiger partial charge in [-0.25, -0.2) is 0 Å². The minimum atomic E-state index is 0.135. The van der Waals surface area contributed by atoms with Gasteiger partial charge in [0.25, 0.3) is 0 Å². The third-order valence-corrected chi connectivity index (χ3v) is 2.96. The fraction of sp³-hybridized carbons (Fsp3) is 0.917. The molecule has 0 aromatic rings. The Labute approximate surface area is 104 Å². The highest BCUT2D eigenvalue weighted by Crippen LogP contribution is 2.01. The summed E-state index contributed by atoms with van der Waals surface area (Å²) in [6.45, 7) is 10.4. The van der Waals surface area contributed by atoms with Crippen LogP contribution in [0.4, 0.5) is 0 Å². The summed E-state index contributed by atoms with van der Waals surface area (Å²) in [6, 6.07) is 0.230. The first-order chi connectivity index (χ1) is 8.11. The summed E-state index contributed by atoms with van der Waals surface area (Å²) < 4.78 is 0. The normalized spacial score (nSPS) is 18.6. The van der Waals surface area contributed by atoms with E-state index in [9.17, 15) is 4.79 Å². The lowest BCUT2D eigenvalue weighted by atomic mass is 10.3. The fourth-order valence-corrected chi connectivity index (χ4v) is 2.06. The monoisotopic (exact) mass is 242 g/mol. The summed E-state index contributed by atoms with van der Waals surface area (Å²) in [5.41, 5.74) is 5.50. The molecule has 17 heavy (non-hydrogen) atoms. The van der Waals surface area contributed by atoms with E-state index < -0.39 is 0 Å². The maximum absolute atomic E-state index is 11.6. The summed E-state index contributed by atoms with van der Waals surface area (Å²) in [6.07, 6.45) is 1.06. The molecule has 5 heteroatoms. The molecule has 5 nitrogen and oxygen atoms in total. The van der Waals surface area contributed by atoms with E-state index >= 15 is 0 Å². The number of hydrogen-bond donors (Lipinski definition) is 2. The molecule has 0 atom stereocenters. The van der Waals surface area contributed by atoms with Crippen molar-refractivity contribution in [3.8, 4) is 0 Å². The lowest BCUT2D eigenvalue weighted by Gasteiger charge is -2.34. The van der Waals surface area contributed by atoms with Gasteiger partial charge in [-0.1, -0.05) is 0 Å². The van der Waals surface area contributed by atoms with Crippen LogP contribution >= 0.6 is 0 Å². The van der Waals surface area contributed by atoms with E-state index in [-0.39, 0.29) is 11.9 Å². The van der Waals surface area contributed by atoms with Gasteiger partial charge in [0.2, 0.25) is 5.91 Å². The van der Waals surface area contributed by atoms with E-state index in [2.05, 4.69) is 15.1 Å². The molecule has 0 aromatic heterocycles. The number of nitrogens with zero attached hydrogens (tertiary/aromatic N) is 2. The minimum Gasteiger partial charge on any atom is -0.353 e. The van der Waals surface area contributed by atoms with E-state index in [1.165, 1.54) is 0 Å². The van der Waals surface area contributed by atoms with Crippen LogP contribution < -0.4 is 11.1 Å². The number of carbonyl (C=O) groups is 1. The second-order valence-corrected chi connectivity index (χ2v) is 4.98. The molecule has 1 heterocycles. The van der Waals surface area contributed by atoms with Crippen molar-refractivity contribution in [2.24, 2.45) is 5.73 Å². The average molecular weight is 242 g/mol. The SMILES string of the molecule is CC(C)NC(=O)CN1CCN(CCCN)CC1. The van der Waals surface area contributed by atoms with Gasteiger partial charge in [-0.2, -0.15) is 0 Å². The lowest BCUT2D eigenvalue weighted by molar-refractivity contribution is -0.123. The van der Waals surface area contributed by atoms with Crippen molar-refractivity contribution in [1.82, 2.24) is 15.1 Å². The van der Waals surface area contributed by atoms with Crippen LogP contribution in [-0.2, 0) is 4.79 Å². The quantitative estimate of drug-likeness (QED) is 0.658. The van der Waals surface area contributed by atoms with Gasteiger partial charge in [0, 0.05) is 32.2 Å². The first-order valence-electron chi connectivity index (χ1n) is 6.56. The molecular weight excluding hydrogens is 216 g/mol. The van der Waals surface area contributed by atoms with E-state index in [4.69, 9.17) is 5.73 Å². The molecule has 0 spiro atoms. The predicted molar refractivity (Wildman–Crippen MR) is 69.8 cm³/mol. The van der Waals surface area contributed by atoms with Crippen LogP contribution in [0.5, 0.6) is 0 Å². The Morgan fingerprint density at radius 2 is 1.82 bits per heavy atom. The highest BCUT2D eigenvalue weighted by atomic mass is 16.2. The zero-order valence-corrected chi connectivity index (χ0v) is 11.1. The van der Waals surface area contributed by atoms with Crippen LogP contribution in [0.3, 0.4) is 0 Å². The van der Waals surface area contributed by atoms with E-state index in [1.54, 1.807) is 0 Å². The van der Waals surface area contributed by atoms with Crippen molar-refractivity contribution in [2.45, 2.75) is 26.3 Å². The summed E-state index contributed by atoms with van der Waals surface area (Å²) in [7, 11) is 0. The molecule has 0 bridgehead atoms.